The summed E-state index contributed by atoms with van der Waals surface area (Å²) in [5, 5.41) is 6.63. The molecule has 2 rings (SSSR count). The monoisotopic (exact) mass is 479 g/mol. The highest BCUT2D eigenvalue weighted by Crippen LogP contribution is 2.21. The summed E-state index contributed by atoms with van der Waals surface area (Å²) < 4.78 is 5.80. The standard InChI is InChI=1S/C29H41N3O3/c1-2-3-4-5-6-7-8-9-10-11-15-21-28(33)30-24-29(34)32-31-23-25-17-16-20-27(22-25)35-26-18-13-12-14-19-26/h12-14,16-20,22-23H,2-11,15,21,24H2,1H3,(H,30,33)(H,32,34). The number of hydrazone groups is 1. The van der Waals surface area contributed by atoms with Crippen molar-refractivity contribution < 1.29 is 14.3 Å². The Morgan fingerprint density at radius 1 is 0.771 bits per heavy atom. The molecule has 0 aliphatic rings. The largest absolute Gasteiger partial charge is 0.457 e. The molecule has 2 aromatic carbocycles. The Kier molecular flexibility index (Phi) is 14.6. The molecule has 0 bridgehead atoms. The molecule has 0 heterocycles. The van der Waals surface area contributed by atoms with Crippen LogP contribution in [0.15, 0.2) is 59.7 Å². The van der Waals surface area contributed by atoms with E-state index in [-0.39, 0.29) is 18.4 Å². The number of unbranched alkanes of at least 4 members (excludes halogenated alkanes) is 10. The van der Waals surface area contributed by atoms with Crippen LogP contribution in [0.1, 0.15) is 89.5 Å². The summed E-state index contributed by atoms with van der Waals surface area (Å²) in [6.45, 7) is 2.17. The first-order valence-electron chi connectivity index (χ1n) is 13.1. The molecule has 35 heavy (non-hydrogen) atoms. The van der Waals surface area contributed by atoms with Crippen LogP contribution in [0, 0.1) is 0 Å². The molecular weight excluding hydrogens is 438 g/mol. The van der Waals surface area contributed by atoms with Crippen molar-refractivity contribution in [3.05, 3.63) is 60.2 Å². The van der Waals surface area contributed by atoms with Crippen LogP contribution in [0.25, 0.3) is 0 Å². The highest BCUT2D eigenvalue weighted by atomic mass is 16.5. The quantitative estimate of drug-likeness (QED) is 0.141. The molecule has 0 radical (unpaired) electrons. The summed E-state index contributed by atoms with van der Waals surface area (Å²) in [6, 6.07) is 16.9. The van der Waals surface area contributed by atoms with Gasteiger partial charge in [-0.05, 0) is 36.2 Å². The zero-order chi connectivity index (χ0) is 25.0. The van der Waals surface area contributed by atoms with Gasteiger partial charge in [0.2, 0.25) is 5.91 Å². The average molecular weight is 480 g/mol. The third-order valence-corrected chi connectivity index (χ3v) is 5.69. The number of hydrogen-bond acceptors (Lipinski definition) is 4. The minimum atomic E-state index is -0.356. The minimum absolute atomic E-state index is 0.0780. The molecule has 0 saturated carbocycles. The summed E-state index contributed by atoms with van der Waals surface area (Å²) >= 11 is 0. The number of carbonyl (C=O) groups excluding carboxylic acids is 2. The normalized spacial score (nSPS) is 10.9. The first-order chi connectivity index (χ1) is 17.2. The van der Waals surface area contributed by atoms with Gasteiger partial charge in [0.05, 0.1) is 12.8 Å². The van der Waals surface area contributed by atoms with Crippen molar-refractivity contribution in [3.63, 3.8) is 0 Å². The molecule has 0 atom stereocenters. The summed E-state index contributed by atoms with van der Waals surface area (Å²) in [4.78, 5) is 23.9. The van der Waals surface area contributed by atoms with E-state index in [1.807, 2.05) is 54.6 Å². The summed E-state index contributed by atoms with van der Waals surface area (Å²) in [7, 11) is 0. The van der Waals surface area contributed by atoms with E-state index in [1.54, 1.807) is 6.21 Å². The fourth-order valence-electron chi connectivity index (χ4n) is 3.72. The topological polar surface area (TPSA) is 79.8 Å². The first-order valence-corrected chi connectivity index (χ1v) is 13.1. The van der Waals surface area contributed by atoms with Crippen LogP contribution in [0.2, 0.25) is 0 Å². The zero-order valence-electron chi connectivity index (χ0n) is 21.1. The molecule has 6 heteroatoms. The molecule has 6 nitrogen and oxygen atoms in total. The molecule has 2 N–H and O–H groups in total. The van der Waals surface area contributed by atoms with Crippen LogP contribution in [0.4, 0.5) is 0 Å². The number of carbonyl (C=O) groups is 2. The van der Waals surface area contributed by atoms with Gasteiger partial charge in [-0.3, -0.25) is 9.59 Å². The van der Waals surface area contributed by atoms with E-state index >= 15 is 0 Å². The van der Waals surface area contributed by atoms with Crippen molar-refractivity contribution >= 4 is 18.0 Å². The molecule has 0 aliphatic heterocycles. The van der Waals surface area contributed by atoms with E-state index in [0.717, 1.165) is 24.2 Å². The van der Waals surface area contributed by atoms with Crippen LogP contribution in [0.5, 0.6) is 11.5 Å². The van der Waals surface area contributed by atoms with E-state index in [1.165, 1.54) is 57.8 Å². The fraction of sp³-hybridized carbons (Fsp3) is 0.483. The van der Waals surface area contributed by atoms with Gasteiger partial charge in [0.25, 0.3) is 5.91 Å². The predicted octanol–water partition coefficient (Wildman–Crippen LogP) is 6.75. The Morgan fingerprint density at radius 3 is 2.09 bits per heavy atom. The molecule has 0 spiro atoms. The van der Waals surface area contributed by atoms with Crippen LogP contribution in [-0.4, -0.2) is 24.6 Å². The molecule has 0 saturated heterocycles. The number of nitrogens with one attached hydrogen (secondary N) is 2. The van der Waals surface area contributed by atoms with E-state index < -0.39 is 0 Å². The number of benzene rings is 2. The van der Waals surface area contributed by atoms with Crippen molar-refractivity contribution in [2.24, 2.45) is 5.10 Å². The second-order valence-corrected chi connectivity index (χ2v) is 8.84. The van der Waals surface area contributed by atoms with E-state index in [9.17, 15) is 9.59 Å². The lowest BCUT2D eigenvalue weighted by atomic mass is 10.1. The van der Waals surface area contributed by atoms with Gasteiger partial charge in [-0.15, -0.1) is 0 Å². The highest BCUT2D eigenvalue weighted by Gasteiger charge is 2.05. The number of amides is 2. The molecule has 0 unspecified atom stereocenters. The highest BCUT2D eigenvalue weighted by molar-refractivity contribution is 5.86. The van der Waals surface area contributed by atoms with Crippen molar-refractivity contribution in [2.75, 3.05) is 6.54 Å². The maximum absolute atomic E-state index is 11.9. The van der Waals surface area contributed by atoms with Crippen LogP contribution < -0.4 is 15.5 Å². The number of ether oxygens (including phenoxy) is 1. The molecule has 0 fully saturated rings. The Balaban J connectivity index is 1.51. The summed E-state index contributed by atoms with van der Waals surface area (Å²) in [5.41, 5.74) is 3.23. The van der Waals surface area contributed by atoms with E-state index in [2.05, 4.69) is 22.8 Å². The lowest BCUT2D eigenvalue weighted by Crippen LogP contribution is -2.34. The third kappa shape index (κ3) is 14.0. The summed E-state index contributed by atoms with van der Waals surface area (Å²) in [6.07, 6.45) is 15.7. The second kappa shape index (κ2) is 18.2. The van der Waals surface area contributed by atoms with Gasteiger partial charge in [0.1, 0.15) is 11.5 Å². The maximum Gasteiger partial charge on any atom is 0.259 e. The van der Waals surface area contributed by atoms with Gasteiger partial charge in [0, 0.05) is 6.42 Å². The molecule has 2 aromatic rings. The number of hydrogen-bond donors (Lipinski definition) is 2. The van der Waals surface area contributed by atoms with Crippen LogP contribution >= 0.6 is 0 Å². The Bertz CT molecular complexity index is 884. The summed E-state index contributed by atoms with van der Waals surface area (Å²) in [5.74, 6) is 0.982. The molecule has 0 aromatic heterocycles. The number of rotatable bonds is 18. The SMILES string of the molecule is CCCCCCCCCCCCCC(=O)NCC(=O)NN=Cc1cccc(Oc2ccccc2)c1. The van der Waals surface area contributed by atoms with Crippen molar-refractivity contribution in [2.45, 2.75) is 84.0 Å². The van der Waals surface area contributed by atoms with Crippen molar-refractivity contribution in [1.29, 1.82) is 0 Å². The molecular formula is C29H41N3O3. The van der Waals surface area contributed by atoms with Gasteiger partial charge in [-0.1, -0.05) is 101 Å². The lowest BCUT2D eigenvalue weighted by molar-refractivity contribution is -0.126. The Morgan fingerprint density at radius 2 is 1.40 bits per heavy atom. The third-order valence-electron chi connectivity index (χ3n) is 5.69. The van der Waals surface area contributed by atoms with Crippen LogP contribution in [0.3, 0.4) is 0 Å². The number of nitrogens with zero attached hydrogens (tertiary/aromatic N) is 1. The average Bonchev–Trinajstić information content (AvgIpc) is 2.87. The maximum atomic E-state index is 11.9. The van der Waals surface area contributed by atoms with Gasteiger partial charge in [-0.2, -0.15) is 5.10 Å². The predicted molar refractivity (Wildman–Crippen MR) is 143 cm³/mol. The second-order valence-electron chi connectivity index (χ2n) is 8.84. The van der Waals surface area contributed by atoms with Gasteiger partial charge >= 0.3 is 0 Å². The van der Waals surface area contributed by atoms with E-state index in [4.69, 9.17) is 4.74 Å². The molecule has 2 amide bonds. The lowest BCUT2D eigenvalue weighted by Gasteiger charge is -2.06. The minimum Gasteiger partial charge on any atom is -0.457 e. The molecule has 0 aliphatic carbocycles. The smallest absolute Gasteiger partial charge is 0.259 e. The van der Waals surface area contributed by atoms with E-state index in [0.29, 0.717) is 12.2 Å². The van der Waals surface area contributed by atoms with Crippen molar-refractivity contribution in [1.82, 2.24) is 10.7 Å². The fourth-order valence-corrected chi connectivity index (χ4v) is 3.72. The molecule has 190 valence electrons. The zero-order valence-corrected chi connectivity index (χ0v) is 21.1. The first kappa shape index (κ1) is 28.1. The number of para-hydroxylation sites is 1. The van der Waals surface area contributed by atoms with Gasteiger partial charge in [-0.25, -0.2) is 5.43 Å². The Hall–Kier alpha value is -3.15. The Labute approximate surface area is 210 Å². The van der Waals surface area contributed by atoms with Crippen LogP contribution in [-0.2, 0) is 9.59 Å². The van der Waals surface area contributed by atoms with Gasteiger partial charge < -0.3 is 10.1 Å². The van der Waals surface area contributed by atoms with Gasteiger partial charge in [0.15, 0.2) is 0 Å². The van der Waals surface area contributed by atoms with Crippen molar-refractivity contribution in [3.8, 4) is 11.5 Å².